The van der Waals surface area contributed by atoms with E-state index in [1.165, 1.54) is 43.4 Å². The van der Waals surface area contributed by atoms with Gasteiger partial charge in [-0.05, 0) is 45.4 Å². The van der Waals surface area contributed by atoms with Crippen LogP contribution in [0.25, 0.3) is 0 Å². The van der Waals surface area contributed by atoms with E-state index in [0.717, 1.165) is 31.0 Å². The van der Waals surface area contributed by atoms with Crippen molar-refractivity contribution in [1.29, 1.82) is 0 Å². The number of nitrogens with zero attached hydrogens (tertiary/aromatic N) is 2. The molecule has 0 amide bonds. The topological polar surface area (TPSA) is 37.8 Å². The van der Waals surface area contributed by atoms with Crippen LogP contribution in [0.5, 0.6) is 0 Å². The average molecular weight is 231 g/mol. The van der Waals surface area contributed by atoms with E-state index in [-0.39, 0.29) is 0 Å². The van der Waals surface area contributed by atoms with Crippen molar-refractivity contribution in [3.63, 3.8) is 0 Å². The fourth-order valence-electron chi connectivity index (χ4n) is 2.78. The van der Waals surface area contributed by atoms with Gasteiger partial charge in [0.2, 0.25) is 0 Å². The first-order valence-electron chi connectivity index (χ1n) is 7.02. The zero-order chi connectivity index (χ0) is 11.7. The molecule has 0 spiro atoms. The average Bonchev–Trinajstić information content (AvgIpc) is 2.27. The molecule has 2 aliphatic rings. The number of nitrogens with one attached hydrogen (secondary N) is 1. The lowest BCUT2D eigenvalue weighted by molar-refractivity contribution is 0.399. The van der Waals surface area contributed by atoms with Gasteiger partial charge in [0.05, 0.1) is 0 Å². The molecule has 3 nitrogen and oxygen atoms in total. The van der Waals surface area contributed by atoms with Crippen LogP contribution >= 0.6 is 0 Å². The predicted octanol–water partition coefficient (Wildman–Crippen LogP) is 3.05. The van der Waals surface area contributed by atoms with Gasteiger partial charge in [-0.25, -0.2) is 9.97 Å². The van der Waals surface area contributed by atoms with Gasteiger partial charge in [0.15, 0.2) is 0 Å². The van der Waals surface area contributed by atoms with Crippen LogP contribution in [-0.4, -0.2) is 16.5 Å². The fraction of sp³-hybridized carbons (Fsp3) is 0.714. The molecule has 1 aromatic rings. The van der Waals surface area contributed by atoms with Gasteiger partial charge in [0.1, 0.15) is 11.6 Å². The molecule has 1 heterocycles. The van der Waals surface area contributed by atoms with Crippen LogP contribution in [0.1, 0.15) is 62.0 Å². The summed E-state index contributed by atoms with van der Waals surface area (Å²) in [6.45, 7) is 3.09. The van der Waals surface area contributed by atoms with Gasteiger partial charge in [0.25, 0.3) is 0 Å². The molecule has 1 aromatic heterocycles. The quantitative estimate of drug-likeness (QED) is 0.868. The zero-order valence-electron chi connectivity index (χ0n) is 10.6. The molecule has 1 fully saturated rings. The van der Waals surface area contributed by atoms with Crippen LogP contribution in [0.2, 0.25) is 0 Å². The molecule has 1 N–H and O–H groups in total. The molecule has 2 aliphatic carbocycles. The Balaban J connectivity index is 1.98. The fourth-order valence-corrected chi connectivity index (χ4v) is 2.78. The molecule has 0 saturated heterocycles. The molecule has 3 rings (SSSR count). The summed E-state index contributed by atoms with van der Waals surface area (Å²) in [6, 6.07) is 0. The maximum atomic E-state index is 4.83. The maximum Gasteiger partial charge on any atom is 0.134 e. The van der Waals surface area contributed by atoms with E-state index in [0.29, 0.717) is 5.92 Å². The maximum absolute atomic E-state index is 4.83. The molecule has 0 bridgehead atoms. The molecule has 0 atom stereocenters. The highest BCUT2D eigenvalue weighted by atomic mass is 15.0. The Kier molecular flexibility index (Phi) is 3.00. The zero-order valence-corrected chi connectivity index (χ0v) is 10.6. The summed E-state index contributed by atoms with van der Waals surface area (Å²) in [7, 11) is 0. The Hall–Kier alpha value is -1.12. The van der Waals surface area contributed by atoms with Crippen LogP contribution in [0.15, 0.2) is 0 Å². The van der Waals surface area contributed by atoms with Gasteiger partial charge in [0, 0.05) is 23.7 Å². The number of rotatable bonds is 3. The summed E-state index contributed by atoms with van der Waals surface area (Å²) < 4.78 is 0. The summed E-state index contributed by atoms with van der Waals surface area (Å²) in [5.41, 5.74) is 2.71. The van der Waals surface area contributed by atoms with Crippen molar-refractivity contribution >= 4 is 5.82 Å². The van der Waals surface area contributed by atoms with E-state index >= 15 is 0 Å². The molecule has 0 radical (unpaired) electrons. The van der Waals surface area contributed by atoms with E-state index in [2.05, 4.69) is 12.2 Å². The number of aryl methyl sites for hydroxylation is 1. The lowest BCUT2D eigenvalue weighted by atomic mass is 9.84. The van der Waals surface area contributed by atoms with Gasteiger partial charge in [-0.2, -0.15) is 0 Å². The largest absolute Gasteiger partial charge is 0.370 e. The molecule has 17 heavy (non-hydrogen) atoms. The van der Waals surface area contributed by atoms with Crippen molar-refractivity contribution in [3.05, 3.63) is 17.1 Å². The van der Waals surface area contributed by atoms with Crippen LogP contribution in [0, 0.1) is 0 Å². The predicted molar refractivity (Wildman–Crippen MR) is 69.4 cm³/mol. The third kappa shape index (κ3) is 2.03. The highest BCUT2D eigenvalue weighted by Gasteiger charge is 2.25. The number of fused-ring (bicyclic) bond motifs is 1. The Morgan fingerprint density at radius 1 is 1.12 bits per heavy atom. The van der Waals surface area contributed by atoms with Crippen molar-refractivity contribution in [2.45, 2.75) is 57.8 Å². The van der Waals surface area contributed by atoms with E-state index < -0.39 is 0 Å². The summed E-state index contributed by atoms with van der Waals surface area (Å²) in [6.07, 6.45) is 8.80. The molecule has 0 unspecified atom stereocenters. The van der Waals surface area contributed by atoms with Crippen LogP contribution in [0.4, 0.5) is 5.82 Å². The van der Waals surface area contributed by atoms with Crippen molar-refractivity contribution in [1.82, 2.24) is 9.97 Å². The second-order valence-electron chi connectivity index (χ2n) is 5.22. The lowest BCUT2D eigenvalue weighted by Gasteiger charge is -2.27. The summed E-state index contributed by atoms with van der Waals surface area (Å²) in [5, 5.41) is 3.43. The van der Waals surface area contributed by atoms with E-state index in [9.17, 15) is 0 Å². The first kappa shape index (κ1) is 11.0. The van der Waals surface area contributed by atoms with Gasteiger partial charge in [-0.1, -0.05) is 6.42 Å². The van der Waals surface area contributed by atoms with Gasteiger partial charge >= 0.3 is 0 Å². The minimum Gasteiger partial charge on any atom is -0.370 e. The van der Waals surface area contributed by atoms with Crippen molar-refractivity contribution < 1.29 is 0 Å². The molecule has 3 heteroatoms. The van der Waals surface area contributed by atoms with Crippen molar-refractivity contribution in [2.75, 3.05) is 11.9 Å². The highest BCUT2D eigenvalue weighted by Crippen LogP contribution is 2.36. The van der Waals surface area contributed by atoms with Crippen LogP contribution < -0.4 is 5.32 Å². The van der Waals surface area contributed by atoms with E-state index in [1.807, 2.05) is 0 Å². The Labute approximate surface area is 103 Å². The molecule has 0 aromatic carbocycles. The van der Waals surface area contributed by atoms with E-state index in [4.69, 9.17) is 9.97 Å². The number of hydrogen-bond donors (Lipinski definition) is 1. The molecule has 92 valence electrons. The standard InChI is InChI=1S/C14H21N3/c1-2-15-14-11-8-3-4-9-12(11)16-13(17-14)10-6-5-7-10/h10H,2-9H2,1H3,(H,15,16,17). The number of anilines is 1. The third-order valence-electron chi connectivity index (χ3n) is 4.01. The number of hydrogen-bond acceptors (Lipinski definition) is 3. The summed E-state index contributed by atoms with van der Waals surface area (Å²) in [4.78, 5) is 9.60. The lowest BCUT2D eigenvalue weighted by Crippen LogP contribution is -2.19. The van der Waals surface area contributed by atoms with E-state index in [1.54, 1.807) is 0 Å². The summed E-state index contributed by atoms with van der Waals surface area (Å²) >= 11 is 0. The Morgan fingerprint density at radius 2 is 1.94 bits per heavy atom. The molecular formula is C14H21N3. The smallest absolute Gasteiger partial charge is 0.134 e. The van der Waals surface area contributed by atoms with Crippen LogP contribution in [-0.2, 0) is 12.8 Å². The first-order valence-corrected chi connectivity index (χ1v) is 7.02. The minimum atomic E-state index is 0.639. The van der Waals surface area contributed by atoms with Gasteiger partial charge in [-0.3, -0.25) is 0 Å². The number of aromatic nitrogens is 2. The normalized spacial score (nSPS) is 19.6. The molecular weight excluding hydrogens is 210 g/mol. The third-order valence-corrected chi connectivity index (χ3v) is 4.01. The second-order valence-corrected chi connectivity index (χ2v) is 5.22. The van der Waals surface area contributed by atoms with Crippen molar-refractivity contribution in [3.8, 4) is 0 Å². The van der Waals surface area contributed by atoms with Crippen molar-refractivity contribution in [2.24, 2.45) is 0 Å². The molecule has 0 aliphatic heterocycles. The Morgan fingerprint density at radius 3 is 2.65 bits per heavy atom. The second kappa shape index (κ2) is 4.63. The Bertz CT molecular complexity index is 410. The summed E-state index contributed by atoms with van der Waals surface area (Å²) in [5.74, 6) is 2.87. The molecule has 1 saturated carbocycles. The van der Waals surface area contributed by atoms with Crippen LogP contribution in [0.3, 0.4) is 0 Å². The minimum absolute atomic E-state index is 0.639. The monoisotopic (exact) mass is 231 g/mol. The highest BCUT2D eigenvalue weighted by molar-refractivity contribution is 5.48. The SMILES string of the molecule is CCNc1nc(C2CCC2)nc2c1CCCC2. The first-order chi connectivity index (χ1) is 8.38. The van der Waals surface area contributed by atoms with Gasteiger partial charge < -0.3 is 5.32 Å². The van der Waals surface area contributed by atoms with Gasteiger partial charge in [-0.15, -0.1) is 0 Å².